The van der Waals surface area contributed by atoms with E-state index in [4.69, 9.17) is 9.47 Å². The molecule has 6 amide bonds. The normalized spacial score (nSPS) is 15.0. The van der Waals surface area contributed by atoms with Gasteiger partial charge < -0.3 is 50.5 Å². The number of carbonyl (C=O) groups is 7. The maximum absolute atomic E-state index is 14.2. The second kappa shape index (κ2) is 28.7. The molecular formula is C50H79N7O10. The third kappa shape index (κ3) is 18.7. The summed E-state index contributed by atoms with van der Waals surface area (Å²) in [5.41, 5.74) is 1.77. The first-order valence-electron chi connectivity index (χ1n) is 23.4. The lowest BCUT2D eigenvalue weighted by molar-refractivity contribution is -0.150. The van der Waals surface area contributed by atoms with Gasteiger partial charge in [0.15, 0.2) is 0 Å². The van der Waals surface area contributed by atoms with Gasteiger partial charge in [0.25, 0.3) is 0 Å². The number of ether oxygens (including phenoxy) is 2. The molecular weight excluding hydrogens is 859 g/mol. The van der Waals surface area contributed by atoms with E-state index < -0.39 is 102 Å². The van der Waals surface area contributed by atoms with Gasteiger partial charge in [0.1, 0.15) is 42.9 Å². The number of benzene rings is 2. The molecule has 17 heteroatoms. The lowest BCUT2D eigenvalue weighted by Crippen LogP contribution is -2.60. The Kier molecular flexibility index (Phi) is 24.7. The highest BCUT2D eigenvalue weighted by molar-refractivity contribution is 5.96. The summed E-state index contributed by atoms with van der Waals surface area (Å²) >= 11 is 0. The van der Waals surface area contributed by atoms with Crippen molar-refractivity contribution in [2.45, 2.75) is 137 Å². The zero-order valence-electron chi connectivity index (χ0n) is 42.0. The van der Waals surface area contributed by atoms with E-state index in [2.05, 4.69) is 21.3 Å². The second-order valence-corrected chi connectivity index (χ2v) is 18.7. The number of hydrogen-bond acceptors (Lipinski definition) is 11. The highest BCUT2D eigenvalue weighted by Crippen LogP contribution is 2.18. The number of likely N-dealkylation sites (N-methyl/N-ethyl adjacent to an activating group) is 4. The minimum atomic E-state index is -1.14. The summed E-state index contributed by atoms with van der Waals surface area (Å²) in [6, 6.07) is 12.5. The van der Waals surface area contributed by atoms with Crippen LogP contribution in [0, 0.1) is 23.7 Å². The maximum Gasteiger partial charge on any atom is 0.328 e. The van der Waals surface area contributed by atoms with Gasteiger partial charge in [-0.05, 0) is 62.1 Å². The average molecular weight is 938 g/mol. The fraction of sp³-hybridized carbons (Fsp3) is 0.620. The lowest BCUT2D eigenvalue weighted by atomic mass is 9.97. The lowest BCUT2D eigenvalue weighted by Gasteiger charge is -2.35. The Bertz CT molecular complexity index is 1880. The van der Waals surface area contributed by atoms with Crippen molar-refractivity contribution in [2.24, 2.45) is 23.7 Å². The zero-order chi connectivity index (χ0) is 50.5. The predicted octanol–water partition coefficient (Wildman–Crippen LogP) is 3.28. The minimum Gasteiger partial charge on any atom is -0.459 e. The van der Waals surface area contributed by atoms with Gasteiger partial charge in [-0.3, -0.25) is 28.8 Å². The zero-order valence-corrected chi connectivity index (χ0v) is 42.0. The Balaban J connectivity index is 2.14. The van der Waals surface area contributed by atoms with Gasteiger partial charge in [-0.2, -0.15) is 0 Å². The Morgan fingerprint density at radius 3 is 1.64 bits per heavy atom. The number of nitrogens with zero attached hydrogens (tertiary/aromatic N) is 3. The summed E-state index contributed by atoms with van der Waals surface area (Å²) in [7, 11) is 5.91. The van der Waals surface area contributed by atoms with Gasteiger partial charge >= 0.3 is 5.97 Å². The van der Waals surface area contributed by atoms with Crippen LogP contribution in [-0.2, 0) is 56.2 Å². The van der Waals surface area contributed by atoms with Crippen molar-refractivity contribution >= 4 is 41.4 Å². The number of esters is 1. The molecule has 0 saturated heterocycles. The number of nitrogens with one attached hydrogen (secondary N) is 4. The van der Waals surface area contributed by atoms with Crippen molar-refractivity contribution in [2.75, 3.05) is 41.3 Å². The molecule has 5 N–H and O–H groups in total. The number of hydrogen-bond donors (Lipinski definition) is 5. The van der Waals surface area contributed by atoms with E-state index in [1.165, 1.54) is 49.8 Å². The summed E-state index contributed by atoms with van der Waals surface area (Å²) in [6.07, 6.45) is -0.454. The van der Waals surface area contributed by atoms with Crippen molar-refractivity contribution < 1.29 is 48.1 Å². The third-order valence-electron chi connectivity index (χ3n) is 11.6. The Morgan fingerprint density at radius 1 is 0.642 bits per heavy atom. The SMILES string of the molecule is CC[C@H](NC(=O)[C@@H](NC)[C@H](O)[C@H](C)COCc1ccccc1)C(=O)N(C)CC(=O)N(C)[C@@H](CC(C)C)C(=O)N[C@H](C(=O)N(C)[C@@H](CC(C)C)C(=O)N[C@@H](C)C(=O)OCc1ccccc1)C(C)C. The molecule has 0 aromatic heterocycles. The maximum atomic E-state index is 14.2. The van der Waals surface area contributed by atoms with E-state index in [0.29, 0.717) is 6.61 Å². The van der Waals surface area contributed by atoms with Crippen molar-refractivity contribution in [3.8, 4) is 0 Å². The fourth-order valence-corrected chi connectivity index (χ4v) is 7.39. The number of aliphatic hydroxyl groups excluding tert-OH is 1. The monoisotopic (exact) mass is 938 g/mol. The van der Waals surface area contributed by atoms with Crippen LogP contribution in [0.2, 0.25) is 0 Å². The van der Waals surface area contributed by atoms with E-state index in [0.717, 1.165) is 11.1 Å². The minimum absolute atomic E-state index is 0.0227. The van der Waals surface area contributed by atoms with E-state index in [1.54, 1.807) is 27.7 Å². The summed E-state index contributed by atoms with van der Waals surface area (Å²) in [6.45, 7) is 16.3. The smallest absolute Gasteiger partial charge is 0.328 e. The van der Waals surface area contributed by atoms with Crippen LogP contribution in [0.5, 0.6) is 0 Å². The van der Waals surface area contributed by atoms with Crippen molar-refractivity contribution in [1.29, 1.82) is 0 Å². The van der Waals surface area contributed by atoms with Crippen molar-refractivity contribution in [3.05, 3.63) is 71.8 Å². The molecule has 0 fully saturated rings. The van der Waals surface area contributed by atoms with Gasteiger partial charge in [-0.1, -0.05) is 116 Å². The van der Waals surface area contributed by atoms with Crippen LogP contribution in [0.1, 0.15) is 92.7 Å². The molecule has 0 spiro atoms. The van der Waals surface area contributed by atoms with Gasteiger partial charge in [0, 0.05) is 27.1 Å². The van der Waals surface area contributed by atoms with Crippen LogP contribution in [0.3, 0.4) is 0 Å². The van der Waals surface area contributed by atoms with Gasteiger partial charge in [0.05, 0.1) is 25.9 Å². The average Bonchev–Trinajstić information content (AvgIpc) is 3.29. The van der Waals surface area contributed by atoms with Crippen LogP contribution in [0.15, 0.2) is 60.7 Å². The largest absolute Gasteiger partial charge is 0.459 e. The molecule has 0 radical (unpaired) electrons. The van der Waals surface area contributed by atoms with Crippen LogP contribution >= 0.6 is 0 Å². The first kappa shape index (κ1) is 57.7. The molecule has 67 heavy (non-hydrogen) atoms. The Hall–Kier alpha value is -5.39. The predicted molar refractivity (Wildman–Crippen MR) is 257 cm³/mol. The molecule has 2 aromatic rings. The van der Waals surface area contributed by atoms with E-state index in [-0.39, 0.29) is 44.3 Å². The highest BCUT2D eigenvalue weighted by atomic mass is 16.5. The van der Waals surface area contributed by atoms with Crippen molar-refractivity contribution in [1.82, 2.24) is 36.0 Å². The van der Waals surface area contributed by atoms with E-state index in [1.807, 2.05) is 88.4 Å². The van der Waals surface area contributed by atoms with Gasteiger partial charge in [0.2, 0.25) is 35.4 Å². The molecule has 374 valence electrons. The fourth-order valence-electron chi connectivity index (χ4n) is 7.39. The molecule has 0 aliphatic carbocycles. The number of carbonyl (C=O) groups excluding carboxylic acids is 7. The topological polar surface area (TPSA) is 216 Å². The van der Waals surface area contributed by atoms with Crippen LogP contribution < -0.4 is 21.3 Å². The van der Waals surface area contributed by atoms with Crippen LogP contribution in [-0.4, -0.2) is 145 Å². The molecule has 8 atom stereocenters. The van der Waals surface area contributed by atoms with Gasteiger partial charge in [-0.25, -0.2) is 4.79 Å². The summed E-state index contributed by atoms with van der Waals surface area (Å²) < 4.78 is 11.2. The molecule has 0 saturated carbocycles. The molecule has 0 aliphatic rings. The van der Waals surface area contributed by atoms with E-state index >= 15 is 0 Å². The number of rotatable bonds is 28. The highest BCUT2D eigenvalue weighted by Gasteiger charge is 2.38. The van der Waals surface area contributed by atoms with Crippen LogP contribution in [0.25, 0.3) is 0 Å². The molecule has 0 bridgehead atoms. The third-order valence-corrected chi connectivity index (χ3v) is 11.6. The second-order valence-electron chi connectivity index (χ2n) is 18.7. The summed E-state index contributed by atoms with van der Waals surface area (Å²) in [4.78, 5) is 99.7. The molecule has 0 unspecified atom stereocenters. The van der Waals surface area contributed by atoms with E-state index in [9.17, 15) is 38.7 Å². The molecule has 17 nitrogen and oxygen atoms in total. The Labute approximate surface area is 398 Å². The molecule has 0 aliphatic heterocycles. The number of aliphatic hydroxyl groups is 1. The molecule has 2 rings (SSSR count). The first-order chi connectivity index (χ1) is 31.5. The molecule has 2 aromatic carbocycles. The number of amides is 6. The summed E-state index contributed by atoms with van der Waals surface area (Å²) in [5, 5.41) is 22.2. The van der Waals surface area contributed by atoms with Crippen LogP contribution in [0.4, 0.5) is 0 Å². The van der Waals surface area contributed by atoms with Gasteiger partial charge in [-0.15, -0.1) is 0 Å². The standard InChI is InChI=1S/C50H79N7O10/c1-14-38(53-47(62)43(51-10)44(59)34(8)28-66-29-36-21-17-15-18-22-36)48(63)55(11)27-41(58)56(12)39(25-31(2)3)46(61)54-42(33(6)7)49(64)57(13)40(26-32(4)5)45(60)52-35(9)50(65)67-30-37-23-19-16-20-24-37/h15-24,31-35,38-40,42-44,51,59H,14,25-30H2,1-13H3,(H,52,60)(H,53,62)(H,54,61)/t34-,35+,38+,39+,40+,42+,43+,44-/m1/s1. The first-order valence-corrected chi connectivity index (χ1v) is 23.4. The summed E-state index contributed by atoms with van der Waals surface area (Å²) in [5.74, 6) is -4.95. The quantitative estimate of drug-likeness (QED) is 0.0781. The Morgan fingerprint density at radius 2 is 1.15 bits per heavy atom. The van der Waals surface area contributed by atoms with Crippen molar-refractivity contribution in [3.63, 3.8) is 0 Å². The molecule has 0 heterocycles.